The van der Waals surface area contributed by atoms with Crippen molar-refractivity contribution in [2.45, 2.75) is 37.9 Å². The Morgan fingerprint density at radius 1 is 1.62 bits per heavy atom. The third kappa shape index (κ3) is 1.00. The first-order valence-electron chi connectivity index (χ1n) is 4.80. The van der Waals surface area contributed by atoms with Crippen molar-refractivity contribution in [3.8, 4) is 5.40 Å². The number of hydrogen-bond donors (Lipinski definition) is 0. The van der Waals surface area contributed by atoms with Crippen LogP contribution in [-0.2, 0) is 0 Å². The van der Waals surface area contributed by atoms with Crippen LogP contribution in [0, 0.1) is 22.0 Å². The van der Waals surface area contributed by atoms with Gasteiger partial charge in [0.25, 0.3) is 0 Å². The Balaban J connectivity index is 2.35. The fraction of sp³-hybridized carbons (Fsp3) is 0.727. The molecule has 0 N–H and O–H groups in total. The summed E-state index contributed by atoms with van der Waals surface area (Å²) in [6.45, 7) is 8.76. The number of nitriles is 1. The van der Waals surface area contributed by atoms with Crippen LogP contribution in [0.2, 0.25) is 0 Å². The summed E-state index contributed by atoms with van der Waals surface area (Å²) in [6, 6.07) is 0. The number of thioether (sulfide) groups is 1. The molecule has 0 saturated heterocycles. The molecule has 2 heteroatoms. The van der Waals surface area contributed by atoms with E-state index in [4.69, 9.17) is 5.26 Å². The Labute approximate surface area is 84.2 Å². The molecule has 2 saturated carbocycles. The molecule has 70 valence electrons. The summed E-state index contributed by atoms with van der Waals surface area (Å²) in [5, 5.41) is 11.1. The van der Waals surface area contributed by atoms with E-state index in [1.807, 2.05) is 0 Å². The van der Waals surface area contributed by atoms with E-state index in [1.54, 1.807) is 0 Å². The molecule has 0 aliphatic heterocycles. The molecule has 0 amide bonds. The number of fused-ring (bicyclic) bond motifs is 2. The zero-order chi connectivity index (χ0) is 9.69. The smallest absolute Gasteiger partial charge is 0.134 e. The molecular formula is C11H15NS. The highest BCUT2D eigenvalue weighted by Crippen LogP contribution is 2.65. The minimum absolute atomic E-state index is 0.114. The van der Waals surface area contributed by atoms with Gasteiger partial charge in [-0.3, -0.25) is 0 Å². The molecular weight excluding hydrogens is 178 g/mol. The normalized spacial score (nSPS) is 40.7. The highest BCUT2D eigenvalue weighted by molar-refractivity contribution is 8.05. The Kier molecular flexibility index (Phi) is 1.79. The van der Waals surface area contributed by atoms with Crippen molar-refractivity contribution in [1.29, 1.82) is 5.26 Å². The minimum atomic E-state index is 0.114. The second-order valence-corrected chi connectivity index (χ2v) is 6.00. The zero-order valence-corrected chi connectivity index (χ0v) is 9.08. The van der Waals surface area contributed by atoms with Crippen LogP contribution >= 0.6 is 11.8 Å². The van der Waals surface area contributed by atoms with Gasteiger partial charge in [-0.15, -0.1) is 0 Å². The van der Waals surface area contributed by atoms with Gasteiger partial charge in [0, 0.05) is 0 Å². The lowest BCUT2D eigenvalue weighted by atomic mass is 9.73. The topological polar surface area (TPSA) is 23.8 Å². The molecule has 2 aliphatic carbocycles. The van der Waals surface area contributed by atoms with E-state index < -0.39 is 0 Å². The van der Waals surface area contributed by atoms with Crippen LogP contribution in [0.15, 0.2) is 12.2 Å². The van der Waals surface area contributed by atoms with E-state index in [0.29, 0.717) is 0 Å². The van der Waals surface area contributed by atoms with E-state index in [-0.39, 0.29) is 10.2 Å². The largest absolute Gasteiger partial charge is 0.185 e. The average Bonchev–Trinajstić information content (AvgIpc) is 2.55. The van der Waals surface area contributed by atoms with E-state index in [0.717, 1.165) is 12.3 Å². The van der Waals surface area contributed by atoms with Gasteiger partial charge < -0.3 is 0 Å². The monoisotopic (exact) mass is 193 g/mol. The van der Waals surface area contributed by atoms with Crippen LogP contribution in [0.1, 0.15) is 33.1 Å². The summed E-state index contributed by atoms with van der Waals surface area (Å²) in [4.78, 5) is 0. The Morgan fingerprint density at radius 2 is 2.31 bits per heavy atom. The van der Waals surface area contributed by atoms with Crippen molar-refractivity contribution in [3.63, 3.8) is 0 Å². The summed E-state index contributed by atoms with van der Waals surface area (Å²) < 4.78 is 0.114. The Morgan fingerprint density at radius 3 is 2.77 bits per heavy atom. The lowest BCUT2D eigenvalue weighted by Crippen LogP contribution is -2.29. The number of nitrogens with zero attached hydrogens (tertiary/aromatic N) is 1. The van der Waals surface area contributed by atoms with Crippen LogP contribution in [0.3, 0.4) is 0 Å². The SMILES string of the molecule is C=C1C2(SC#N)CCC(C2)C1(C)C. The molecule has 0 aromatic carbocycles. The van der Waals surface area contributed by atoms with Crippen LogP contribution in [0.5, 0.6) is 0 Å². The molecule has 0 spiro atoms. The second kappa shape index (κ2) is 2.54. The van der Waals surface area contributed by atoms with E-state index in [9.17, 15) is 0 Å². The summed E-state index contributed by atoms with van der Waals surface area (Å²) in [7, 11) is 0. The molecule has 13 heavy (non-hydrogen) atoms. The lowest BCUT2D eigenvalue weighted by molar-refractivity contribution is 0.291. The minimum Gasteiger partial charge on any atom is -0.185 e. The predicted molar refractivity (Wildman–Crippen MR) is 56.2 cm³/mol. The van der Waals surface area contributed by atoms with Gasteiger partial charge in [0.15, 0.2) is 0 Å². The molecule has 2 aliphatic rings. The van der Waals surface area contributed by atoms with Gasteiger partial charge >= 0.3 is 0 Å². The van der Waals surface area contributed by atoms with Crippen LogP contribution in [-0.4, -0.2) is 4.75 Å². The lowest BCUT2D eigenvalue weighted by Gasteiger charge is -2.36. The van der Waals surface area contributed by atoms with Crippen molar-refractivity contribution in [2.75, 3.05) is 0 Å². The maximum Gasteiger partial charge on any atom is 0.134 e. The Bertz CT molecular complexity index is 300. The third-order valence-electron chi connectivity index (χ3n) is 4.06. The van der Waals surface area contributed by atoms with Crippen molar-refractivity contribution in [3.05, 3.63) is 12.2 Å². The van der Waals surface area contributed by atoms with Crippen molar-refractivity contribution < 1.29 is 0 Å². The zero-order valence-electron chi connectivity index (χ0n) is 8.26. The summed E-state index contributed by atoms with van der Waals surface area (Å²) >= 11 is 1.44. The van der Waals surface area contributed by atoms with Gasteiger partial charge in [-0.2, -0.15) is 5.26 Å². The molecule has 2 rings (SSSR count). The number of rotatable bonds is 1. The van der Waals surface area contributed by atoms with E-state index in [2.05, 4.69) is 25.8 Å². The molecule has 1 nitrogen and oxygen atoms in total. The van der Waals surface area contributed by atoms with Crippen molar-refractivity contribution in [2.24, 2.45) is 11.3 Å². The molecule has 2 fully saturated rings. The molecule has 2 atom stereocenters. The molecule has 2 bridgehead atoms. The van der Waals surface area contributed by atoms with Gasteiger partial charge in [-0.1, -0.05) is 26.0 Å². The molecule has 0 aromatic heterocycles. The quantitative estimate of drug-likeness (QED) is 0.471. The highest BCUT2D eigenvalue weighted by atomic mass is 32.2. The predicted octanol–water partition coefficient (Wildman–Crippen LogP) is 3.34. The van der Waals surface area contributed by atoms with Crippen LogP contribution < -0.4 is 0 Å². The fourth-order valence-electron chi connectivity index (χ4n) is 2.97. The van der Waals surface area contributed by atoms with Gasteiger partial charge in [0.2, 0.25) is 0 Å². The third-order valence-corrected chi connectivity index (χ3v) is 5.16. The van der Waals surface area contributed by atoms with Crippen LogP contribution in [0.25, 0.3) is 0 Å². The van der Waals surface area contributed by atoms with E-state index >= 15 is 0 Å². The maximum absolute atomic E-state index is 8.80. The fourth-order valence-corrected chi connectivity index (χ4v) is 4.04. The first-order valence-corrected chi connectivity index (χ1v) is 5.61. The molecule has 0 aromatic rings. The van der Waals surface area contributed by atoms with Gasteiger partial charge in [0.05, 0.1) is 4.75 Å². The van der Waals surface area contributed by atoms with Gasteiger partial charge in [0.1, 0.15) is 5.40 Å². The molecule has 0 heterocycles. The maximum atomic E-state index is 8.80. The molecule has 0 radical (unpaired) electrons. The summed E-state index contributed by atoms with van der Waals surface area (Å²) in [5.74, 6) is 0.765. The van der Waals surface area contributed by atoms with E-state index in [1.165, 1.54) is 30.2 Å². The summed E-state index contributed by atoms with van der Waals surface area (Å²) in [6.07, 6.45) is 3.62. The first kappa shape index (κ1) is 9.15. The number of thiocyanates is 1. The summed E-state index contributed by atoms with van der Waals surface area (Å²) in [5.41, 5.74) is 1.57. The van der Waals surface area contributed by atoms with Crippen molar-refractivity contribution in [1.82, 2.24) is 0 Å². The standard InChI is InChI=1S/C11H15NS/c1-8-10(2,3)9-4-5-11(8,6-9)13-7-12/h9H,1,4-6H2,2-3H3. The second-order valence-electron chi connectivity index (χ2n) is 4.83. The first-order chi connectivity index (χ1) is 6.03. The van der Waals surface area contributed by atoms with Gasteiger partial charge in [-0.05, 0) is 42.4 Å². The van der Waals surface area contributed by atoms with Crippen LogP contribution in [0.4, 0.5) is 0 Å². The number of hydrogen-bond acceptors (Lipinski definition) is 2. The average molecular weight is 193 g/mol. The highest BCUT2D eigenvalue weighted by Gasteiger charge is 2.57. The molecule has 2 unspecified atom stereocenters. The van der Waals surface area contributed by atoms with Crippen molar-refractivity contribution >= 4 is 11.8 Å². The Hall–Kier alpha value is -0.420. The van der Waals surface area contributed by atoms with Gasteiger partial charge in [-0.25, -0.2) is 0 Å².